The Kier molecular flexibility index (Phi) is 8.68. The van der Waals surface area contributed by atoms with Crippen LogP contribution in [0.4, 0.5) is 21.9 Å². The number of para-hydroxylation sites is 1. The lowest BCUT2D eigenvalue weighted by Crippen LogP contribution is -2.27. The van der Waals surface area contributed by atoms with Crippen molar-refractivity contribution >= 4 is 40.9 Å². The predicted octanol–water partition coefficient (Wildman–Crippen LogP) is 4.48. The Labute approximate surface area is 232 Å². The second-order valence-corrected chi connectivity index (χ2v) is 9.75. The number of rotatable bonds is 8. The summed E-state index contributed by atoms with van der Waals surface area (Å²) in [5.74, 6) is -1.91. The highest BCUT2D eigenvalue weighted by Gasteiger charge is 2.39. The molecule has 1 aliphatic heterocycles. The van der Waals surface area contributed by atoms with Crippen LogP contribution < -0.4 is 20.7 Å². The number of methoxy groups -OCH3 is 1. The molecule has 1 aliphatic rings. The van der Waals surface area contributed by atoms with E-state index in [9.17, 15) is 24.3 Å². The van der Waals surface area contributed by atoms with Crippen LogP contribution in [-0.2, 0) is 20.8 Å². The topological polar surface area (TPSA) is 137 Å². The van der Waals surface area contributed by atoms with Crippen molar-refractivity contribution in [2.45, 2.75) is 26.2 Å². The molecule has 208 valence electrons. The number of likely N-dealkylation sites (tertiary alicyclic amines) is 1. The van der Waals surface area contributed by atoms with Crippen LogP contribution in [0.3, 0.4) is 0 Å². The maximum atomic E-state index is 12.7. The largest absolute Gasteiger partial charge is 0.495 e. The number of nitrogens with one attached hydrogen (secondary N) is 3. The van der Waals surface area contributed by atoms with E-state index in [1.165, 1.54) is 14.0 Å². The first-order valence-corrected chi connectivity index (χ1v) is 12.8. The average molecular weight is 545 g/mol. The third kappa shape index (κ3) is 6.76. The number of carboxylic acid groups (broad SMARTS) is 1. The van der Waals surface area contributed by atoms with E-state index in [2.05, 4.69) is 16.0 Å². The molecule has 0 saturated carbocycles. The Morgan fingerprint density at radius 3 is 2.27 bits per heavy atom. The molecule has 4 N–H and O–H groups in total. The molecular formula is C30H32N4O6. The maximum Gasteiger partial charge on any atom is 0.323 e. The number of hydrogen-bond acceptors (Lipinski definition) is 5. The van der Waals surface area contributed by atoms with Crippen LogP contribution in [0.1, 0.15) is 29.5 Å². The molecule has 4 amide bonds. The minimum Gasteiger partial charge on any atom is -0.495 e. The van der Waals surface area contributed by atoms with Gasteiger partial charge in [-0.15, -0.1) is 0 Å². The van der Waals surface area contributed by atoms with Gasteiger partial charge >= 0.3 is 12.0 Å². The lowest BCUT2D eigenvalue weighted by molar-refractivity contribution is -0.141. The van der Waals surface area contributed by atoms with E-state index >= 15 is 0 Å². The smallest absolute Gasteiger partial charge is 0.323 e. The second-order valence-electron chi connectivity index (χ2n) is 9.75. The van der Waals surface area contributed by atoms with E-state index in [0.717, 1.165) is 11.1 Å². The summed E-state index contributed by atoms with van der Waals surface area (Å²) in [7, 11) is 1.49. The number of hydrogen-bond donors (Lipinski definition) is 4. The van der Waals surface area contributed by atoms with Gasteiger partial charge in [-0.2, -0.15) is 0 Å². The molecule has 0 aliphatic carbocycles. The summed E-state index contributed by atoms with van der Waals surface area (Å²) in [6, 6.07) is 19.2. The molecule has 0 aromatic heterocycles. The minimum absolute atomic E-state index is 0.0745. The van der Waals surface area contributed by atoms with Gasteiger partial charge in [0.2, 0.25) is 11.8 Å². The molecule has 40 heavy (non-hydrogen) atoms. The second kappa shape index (κ2) is 12.3. The molecule has 3 aromatic carbocycles. The van der Waals surface area contributed by atoms with Gasteiger partial charge in [0.05, 0.1) is 25.1 Å². The molecule has 1 heterocycles. The van der Waals surface area contributed by atoms with Crippen molar-refractivity contribution < 1.29 is 29.0 Å². The van der Waals surface area contributed by atoms with Crippen molar-refractivity contribution in [1.82, 2.24) is 4.90 Å². The van der Waals surface area contributed by atoms with Gasteiger partial charge in [0.15, 0.2) is 0 Å². The fourth-order valence-electron chi connectivity index (χ4n) is 4.79. The molecule has 10 nitrogen and oxygen atoms in total. The van der Waals surface area contributed by atoms with Gasteiger partial charge in [-0.25, -0.2) is 4.79 Å². The highest BCUT2D eigenvalue weighted by Crippen LogP contribution is 2.33. The first-order chi connectivity index (χ1) is 19.1. The zero-order valence-electron chi connectivity index (χ0n) is 22.6. The predicted molar refractivity (Wildman–Crippen MR) is 152 cm³/mol. The van der Waals surface area contributed by atoms with Crippen LogP contribution in [0.5, 0.6) is 5.75 Å². The summed E-state index contributed by atoms with van der Waals surface area (Å²) >= 11 is 0. The number of carbonyl (C=O) groups excluding carboxylic acids is 3. The van der Waals surface area contributed by atoms with E-state index in [4.69, 9.17) is 4.74 Å². The fourth-order valence-corrected chi connectivity index (χ4v) is 4.79. The summed E-state index contributed by atoms with van der Waals surface area (Å²) in [4.78, 5) is 50.2. The standard InChI is InChI=1S/C30H32N4O6/c1-18-6-4-5-7-25(18)32-30(39)33-26-13-8-20(14-27(26)40-3)15-28(36)31-22-11-9-21(10-12-22)23-16-34(19(2)35)17-24(23)29(37)38/h4-14,23-24H,15-17H2,1-3H3,(H,31,36)(H,37,38)(H2,32,33,39). The molecule has 0 radical (unpaired) electrons. The highest BCUT2D eigenvalue weighted by molar-refractivity contribution is 6.01. The zero-order chi connectivity index (χ0) is 28.8. The normalized spacial score (nSPS) is 16.2. The van der Waals surface area contributed by atoms with E-state index in [1.807, 2.05) is 31.2 Å². The average Bonchev–Trinajstić information content (AvgIpc) is 3.38. The van der Waals surface area contributed by atoms with Crippen LogP contribution in [0.25, 0.3) is 0 Å². The Morgan fingerprint density at radius 1 is 0.925 bits per heavy atom. The maximum absolute atomic E-state index is 12.7. The van der Waals surface area contributed by atoms with Gasteiger partial charge < -0.3 is 30.7 Å². The fraction of sp³-hybridized carbons (Fsp3) is 0.267. The first kappa shape index (κ1) is 28.2. The van der Waals surface area contributed by atoms with E-state index < -0.39 is 17.9 Å². The number of carboxylic acids is 1. The van der Waals surface area contributed by atoms with Gasteiger partial charge in [-0.3, -0.25) is 14.4 Å². The number of nitrogens with zero attached hydrogens (tertiary/aromatic N) is 1. The van der Waals surface area contributed by atoms with Gasteiger partial charge in [0, 0.05) is 37.3 Å². The lowest BCUT2D eigenvalue weighted by atomic mass is 9.89. The number of carbonyl (C=O) groups is 4. The van der Waals surface area contributed by atoms with Crippen LogP contribution in [0, 0.1) is 12.8 Å². The van der Waals surface area contributed by atoms with Crippen LogP contribution in [0.15, 0.2) is 66.7 Å². The first-order valence-electron chi connectivity index (χ1n) is 12.8. The van der Waals surface area contributed by atoms with Crippen molar-refractivity contribution in [2.75, 3.05) is 36.1 Å². The van der Waals surface area contributed by atoms with Crippen LogP contribution in [0.2, 0.25) is 0 Å². The summed E-state index contributed by atoms with van der Waals surface area (Å²) < 4.78 is 5.43. The molecule has 10 heteroatoms. The monoisotopic (exact) mass is 544 g/mol. The minimum atomic E-state index is -0.935. The molecule has 2 unspecified atom stereocenters. The summed E-state index contributed by atoms with van der Waals surface area (Å²) in [5, 5.41) is 18.0. The number of ether oxygens (including phenoxy) is 1. The Morgan fingerprint density at radius 2 is 1.62 bits per heavy atom. The molecule has 3 aromatic rings. The zero-order valence-corrected chi connectivity index (χ0v) is 22.6. The summed E-state index contributed by atoms with van der Waals surface area (Å²) in [6.45, 7) is 3.86. The van der Waals surface area contributed by atoms with Gasteiger partial charge in [0.1, 0.15) is 5.75 Å². The van der Waals surface area contributed by atoms with Crippen molar-refractivity contribution in [1.29, 1.82) is 0 Å². The third-order valence-electron chi connectivity index (χ3n) is 6.98. The van der Waals surface area contributed by atoms with E-state index in [0.29, 0.717) is 34.9 Å². The molecule has 0 bridgehead atoms. The number of anilines is 3. The van der Waals surface area contributed by atoms with Gasteiger partial charge in [-0.1, -0.05) is 36.4 Å². The van der Waals surface area contributed by atoms with Gasteiger partial charge in [0.25, 0.3) is 0 Å². The molecule has 1 saturated heterocycles. The van der Waals surface area contributed by atoms with Gasteiger partial charge in [-0.05, 0) is 53.9 Å². The Balaban J connectivity index is 1.36. The molecule has 0 spiro atoms. The van der Waals surface area contributed by atoms with E-state index in [1.54, 1.807) is 47.4 Å². The van der Waals surface area contributed by atoms with Crippen LogP contribution in [-0.4, -0.2) is 54.0 Å². The summed E-state index contributed by atoms with van der Waals surface area (Å²) in [6.07, 6.45) is 0.0745. The number of aliphatic carboxylic acids is 1. The molecule has 2 atom stereocenters. The van der Waals surface area contributed by atoms with E-state index in [-0.39, 0.29) is 30.7 Å². The number of urea groups is 1. The van der Waals surface area contributed by atoms with Crippen molar-refractivity contribution in [2.24, 2.45) is 5.92 Å². The number of amides is 4. The molecule has 4 rings (SSSR count). The SMILES string of the molecule is COc1cc(CC(=O)Nc2ccc(C3CN(C(C)=O)CC3C(=O)O)cc2)ccc1NC(=O)Nc1ccccc1C. The van der Waals surface area contributed by atoms with Crippen molar-refractivity contribution in [3.05, 3.63) is 83.4 Å². The highest BCUT2D eigenvalue weighted by atomic mass is 16.5. The Hall–Kier alpha value is -4.86. The summed E-state index contributed by atoms with van der Waals surface area (Å²) in [5.41, 5.74) is 4.15. The molecular weight excluding hydrogens is 512 g/mol. The number of benzene rings is 3. The quantitative estimate of drug-likeness (QED) is 0.330. The Bertz CT molecular complexity index is 1420. The van der Waals surface area contributed by atoms with Crippen molar-refractivity contribution in [3.63, 3.8) is 0 Å². The van der Waals surface area contributed by atoms with Crippen molar-refractivity contribution in [3.8, 4) is 5.75 Å². The molecule has 1 fully saturated rings. The number of aryl methyl sites for hydroxylation is 1. The third-order valence-corrected chi connectivity index (χ3v) is 6.98. The lowest BCUT2D eigenvalue weighted by Gasteiger charge is -2.16. The van der Waals surface area contributed by atoms with Crippen LogP contribution >= 0.6 is 0 Å².